The lowest BCUT2D eigenvalue weighted by Crippen LogP contribution is -2.54. The molecule has 0 aromatic heterocycles. The van der Waals surface area contributed by atoms with Gasteiger partial charge in [-0.15, -0.1) is 0 Å². The molecule has 0 saturated carbocycles. The van der Waals surface area contributed by atoms with Gasteiger partial charge in [0.1, 0.15) is 11.1 Å². The number of benzene rings is 1. The van der Waals surface area contributed by atoms with Crippen LogP contribution in [0.2, 0.25) is 0 Å². The first-order valence-corrected chi connectivity index (χ1v) is 8.80. The van der Waals surface area contributed by atoms with Crippen LogP contribution in [0.25, 0.3) is 0 Å². The molecule has 4 amide bonds. The van der Waals surface area contributed by atoms with Crippen LogP contribution in [-0.2, 0) is 15.1 Å². The number of carboxylic acids is 1. The van der Waals surface area contributed by atoms with Crippen LogP contribution in [0.1, 0.15) is 29.3 Å². The SMILES string of the molecule is CC1(c2ccc(C(=O)NC3(C(=O)O)CCSC3)cc2)NC(=O)NC1=O. The fraction of sp³-hybridized carbons (Fsp3) is 0.375. The Morgan fingerprint density at radius 1 is 1.24 bits per heavy atom. The van der Waals surface area contributed by atoms with Gasteiger partial charge in [0.05, 0.1) is 0 Å². The summed E-state index contributed by atoms with van der Waals surface area (Å²) >= 11 is 1.49. The number of thioether (sulfide) groups is 1. The number of carbonyl (C=O) groups excluding carboxylic acids is 3. The van der Waals surface area contributed by atoms with Crippen LogP contribution < -0.4 is 16.0 Å². The number of nitrogens with one attached hydrogen (secondary N) is 3. The molecule has 2 heterocycles. The normalized spacial score (nSPS) is 28.4. The van der Waals surface area contributed by atoms with Crippen molar-refractivity contribution in [2.24, 2.45) is 0 Å². The van der Waals surface area contributed by atoms with Gasteiger partial charge in [0.2, 0.25) is 0 Å². The zero-order valence-corrected chi connectivity index (χ0v) is 14.2. The fourth-order valence-corrected chi connectivity index (χ4v) is 4.20. The number of amides is 4. The van der Waals surface area contributed by atoms with Crippen molar-refractivity contribution in [3.63, 3.8) is 0 Å². The Bertz CT molecular complexity index is 758. The van der Waals surface area contributed by atoms with Crippen molar-refractivity contribution in [3.05, 3.63) is 35.4 Å². The average Bonchev–Trinajstić information content (AvgIpc) is 3.14. The molecule has 9 heteroatoms. The number of imide groups is 1. The quantitative estimate of drug-likeness (QED) is 0.575. The second kappa shape index (κ2) is 6.07. The van der Waals surface area contributed by atoms with Crippen LogP contribution in [0.3, 0.4) is 0 Å². The van der Waals surface area contributed by atoms with Crippen LogP contribution in [-0.4, -0.2) is 46.0 Å². The van der Waals surface area contributed by atoms with Crippen molar-refractivity contribution in [1.29, 1.82) is 0 Å². The maximum absolute atomic E-state index is 12.4. The first-order chi connectivity index (χ1) is 11.8. The Morgan fingerprint density at radius 3 is 2.40 bits per heavy atom. The molecule has 2 fully saturated rings. The zero-order chi connectivity index (χ0) is 18.2. The highest BCUT2D eigenvalue weighted by molar-refractivity contribution is 7.99. The number of hydrogen-bond donors (Lipinski definition) is 4. The van der Waals surface area contributed by atoms with Crippen molar-refractivity contribution < 1.29 is 24.3 Å². The molecule has 8 nitrogen and oxygen atoms in total. The Morgan fingerprint density at radius 2 is 1.92 bits per heavy atom. The highest BCUT2D eigenvalue weighted by Gasteiger charge is 2.44. The Labute approximate surface area is 147 Å². The molecule has 2 aliphatic heterocycles. The first-order valence-electron chi connectivity index (χ1n) is 7.65. The van der Waals surface area contributed by atoms with E-state index in [1.54, 1.807) is 19.1 Å². The summed E-state index contributed by atoms with van der Waals surface area (Å²) in [4.78, 5) is 47.2. The zero-order valence-electron chi connectivity index (χ0n) is 13.4. The molecular weight excluding hydrogens is 346 g/mol. The number of carbonyl (C=O) groups is 4. The summed E-state index contributed by atoms with van der Waals surface area (Å²) < 4.78 is 0. The number of rotatable bonds is 4. The van der Waals surface area contributed by atoms with Gasteiger partial charge in [-0.1, -0.05) is 12.1 Å². The molecule has 132 valence electrons. The Kier molecular flexibility index (Phi) is 4.19. The van der Waals surface area contributed by atoms with Crippen LogP contribution >= 0.6 is 11.8 Å². The van der Waals surface area contributed by atoms with Crippen molar-refractivity contribution in [2.75, 3.05) is 11.5 Å². The van der Waals surface area contributed by atoms with E-state index in [1.165, 1.54) is 23.9 Å². The monoisotopic (exact) mass is 363 g/mol. The lowest BCUT2D eigenvalue weighted by molar-refractivity contribution is -0.143. The Balaban J connectivity index is 1.78. The third-order valence-corrected chi connectivity index (χ3v) is 5.74. The molecule has 0 aliphatic carbocycles. The summed E-state index contributed by atoms with van der Waals surface area (Å²) in [6.45, 7) is 1.57. The van der Waals surface area contributed by atoms with Crippen LogP contribution in [0.15, 0.2) is 24.3 Å². The number of hydrogen-bond acceptors (Lipinski definition) is 5. The van der Waals surface area contributed by atoms with E-state index in [4.69, 9.17) is 0 Å². The van der Waals surface area contributed by atoms with Gasteiger partial charge in [-0.25, -0.2) is 9.59 Å². The van der Waals surface area contributed by atoms with Crippen molar-refractivity contribution in [2.45, 2.75) is 24.4 Å². The van der Waals surface area contributed by atoms with Crippen molar-refractivity contribution in [1.82, 2.24) is 16.0 Å². The van der Waals surface area contributed by atoms with E-state index in [0.717, 1.165) is 0 Å². The van der Waals surface area contributed by atoms with Crippen LogP contribution in [0.4, 0.5) is 4.79 Å². The van der Waals surface area contributed by atoms with Gasteiger partial charge in [0.25, 0.3) is 11.8 Å². The summed E-state index contributed by atoms with van der Waals surface area (Å²) in [5.74, 6) is -0.987. The first kappa shape index (κ1) is 17.3. The average molecular weight is 363 g/mol. The van der Waals surface area contributed by atoms with E-state index in [0.29, 0.717) is 23.5 Å². The molecule has 0 spiro atoms. The van der Waals surface area contributed by atoms with E-state index in [-0.39, 0.29) is 5.56 Å². The predicted octanol–water partition coefficient (Wildman–Crippen LogP) is 0.431. The number of aliphatic carboxylic acids is 1. The molecule has 2 saturated heterocycles. The Hall–Kier alpha value is -2.55. The van der Waals surface area contributed by atoms with E-state index in [1.807, 2.05) is 0 Å². The minimum atomic E-state index is -1.24. The summed E-state index contributed by atoms with van der Waals surface area (Å²) in [5, 5.41) is 16.8. The molecule has 25 heavy (non-hydrogen) atoms. The highest BCUT2D eigenvalue weighted by atomic mass is 32.2. The molecule has 0 bridgehead atoms. The third-order valence-electron chi connectivity index (χ3n) is 4.55. The number of carboxylic acid groups (broad SMARTS) is 1. The van der Waals surface area contributed by atoms with Gasteiger partial charge in [0, 0.05) is 11.3 Å². The second-order valence-electron chi connectivity index (χ2n) is 6.25. The smallest absolute Gasteiger partial charge is 0.330 e. The second-order valence-corrected chi connectivity index (χ2v) is 7.36. The maximum atomic E-state index is 12.4. The van der Waals surface area contributed by atoms with Gasteiger partial charge in [-0.05, 0) is 36.8 Å². The molecule has 3 rings (SSSR count). The molecular formula is C16H17N3O5S. The van der Waals surface area contributed by atoms with Crippen LogP contribution in [0, 0.1) is 0 Å². The summed E-state index contributed by atoms with van der Waals surface area (Å²) in [5.41, 5.74) is -1.63. The standard InChI is InChI=1S/C16H17N3O5S/c1-15(12(21)17-14(24)19-15)10-4-2-9(3-5-10)11(20)18-16(13(22)23)6-7-25-8-16/h2-5H,6-8H2,1H3,(H,18,20)(H,22,23)(H2,17,19,21,24). The largest absolute Gasteiger partial charge is 0.479 e. The van der Waals surface area contributed by atoms with Gasteiger partial charge < -0.3 is 15.7 Å². The van der Waals surface area contributed by atoms with E-state index < -0.39 is 34.9 Å². The van der Waals surface area contributed by atoms with Gasteiger partial charge in [-0.3, -0.25) is 14.9 Å². The molecule has 4 N–H and O–H groups in total. The van der Waals surface area contributed by atoms with Crippen molar-refractivity contribution >= 4 is 35.6 Å². The van der Waals surface area contributed by atoms with E-state index >= 15 is 0 Å². The van der Waals surface area contributed by atoms with Crippen molar-refractivity contribution in [3.8, 4) is 0 Å². The van der Waals surface area contributed by atoms with Gasteiger partial charge in [-0.2, -0.15) is 11.8 Å². The topological polar surface area (TPSA) is 125 Å². The molecule has 0 radical (unpaired) electrons. The molecule has 2 unspecified atom stereocenters. The molecule has 2 atom stereocenters. The summed E-state index contributed by atoms with van der Waals surface area (Å²) in [7, 11) is 0. The fourth-order valence-electron chi connectivity index (χ4n) is 2.88. The lowest BCUT2D eigenvalue weighted by atomic mass is 9.91. The minimum absolute atomic E-state index is 0.287. The lowest BCUT2D eigenvalue weighted by Gasteiger charge is -2.25. The third kappa shape index (κ3) is 2.95. The van der Waals surface area contributed by atoms with E-state index in [2.05, 4.69) is 16.0 Å². The highest BCUT2D eigenvalue weighted by Crippen LogP contribution is 2.29. The number of urea groups is 1. The predicted molar refractivity (Wildman–Crippen MR) is 90.2 cm³/mol. The molecule has 2 aliphatic rings. The summed E-state index contributed by atoms with van der Waals surface area (Å²) in [6.07, 6.45) is 0.376. The molecule has 1 aromatic carbocycles. The van der Waals surface area contributed by atoms with Gasteiger partial charge in [0.15, 0.2) is 0 Å². The van der Waals surface area contributed by atoms with Crippen LogP contribution in [0.5, 0.6) is 0 Å². The van der Waals surface area contributed by atoms with Gasteiger partial charge >= 0.3 is 12.0 Å². The van der Waals surface area contributed by atoms with E-state index in [9.17, 15) is 24.3 Å². The minimum Gasteiger partial charge on any atom is -0.479 e. The summed E-state index contributed by atoms with van der Waals surface area (Å²) in [6, 6.07) is 5.57. The molecule has 1 aromatic rings. The maximum Gasteiger partial charge on any atom is 0.330 e.